The molecule has 0 saturated carbocycles. The zero-order valence-electron chi connectivity index (χ0n) is 15.9. The number of carbonyl (C=O) groups excluding carboxylic acids is 2. The lowest BCUT2D eigenvalue weighted by molar-refractivity contribution is 0.0527. The zero-order chi connectivity index (χ0) is 19.7. The van der Waals surface area contributed by atoms with Crippen molar-refractivity contribution in [3.63, 3.8) is 0 Å². The lowest BCUT2D eigenvalue weighted by atomic mass is 10.1. The highest BCUT2D eigenvalue weighted by molar-refractivity contribution is 7.16. The van der Waals surface area contributed by atoms with Crippen molar-refractivity contribution < 1.29 is 19.1 Å². The Labute approximate surface area is 160 Å². The van der Waals surface area contributed by atoms with Gasteiger partial charge in [0.1, 0.15) is 10.7 Å². The molecule has 0 aromatic carbocycles. The molecule has 8 heteroatoms. The van der Waals surface area contributed by atoms with Crippen molar-refractivity contribution >= 4 is 33.9 Å². The summed E-state index contributed by atoms with van der Waals surface area (Å²) in [6.45, 7) is 7.53. The third kappa shape index (κ3) is 3.28. The van der Waals surface area contributed by atoms with E-state index in [1.54, 1.807) is 43.7 Å². The van der Waals surface area contributed by atoms with Crippen molar-refractivity contribution in [3.05, 3.63) is 45.7 Å². The first kappa shape index (κ1) is 18.9. The summed E-state index contributed by atoms with van der Waals surface area (Å²) in [5, 5.41) is 3.34. The van der Waals surface area contributed by atoms with Gasteiger partial charge >= 0.3 is 5.97 Å². The van der Waals surface area contributed by atoms with Crippen LogP contribution in [0.5, 0.6) is 5.75 Å². The molecule has 0 aliphatic carbocycles. The number of esters is 1. The number of anilines is 1. The van der Waals surface area contributed by atoms with Gasteiger partial charge in [0.2, 0.25) is 0 Å². The molecule has 0 aliphatic heterocycles. The van der Waals surface area contributed by atoms with E-state index in [9.17, 15) is 9.59 Å². The number of amides is 1. The molecule has 0 radical (unpaired) electrons. The molecule has 3 heterocycles. The van der Waals surface area contributed by atoms with Crippen LogP contribution in [0.25, 0.3) is 5.65 Å². The first-order valence-corrected chi connectivity index (χ1v) is 9.30. The number of hydrogen-bond acceptors (Lipinski definition) is 6. The largest absolute Gasteiger partial charge is 0.493 e. The van der Waals surface area contributed by atoms with Crippen LogP contribution in [0.1, 0.15) is 43.9 Å². The zero-order valence-corrected chi connectivity index (χ0v) is 16.7. The fourth-order valence-corrected chi connectivity index (χ4v) is 3.96. The Morgan fingerprint density at radius 3 is 2.70 bits per heavy atom. The first-order valence-electron chi connectivity index (χ1n) is 8.49. The molecule has 0 spiro atoms. The van der Waals surface area contributed by atoms with Gasteiger partial charge in [-0.15, -0.1) is 11.3 Å². The monoisotopic (exact) mass is 387 g/mol. The van der Waals surface area contributed by atoms with E-state index >= 15 is 0 Å². The van der Waals surface area contributed by atoms with Crippen molar-refractivity contribution in [3.8, 4) is 5.75 Å². The number of rotatable bonds is 5. The average molecular weight is 387 g/mol. The van der Waals surface area contributed by atoms with Crippen LogP contribution >= 0.6 is 11.3 Å². The van der Waals surface area contributed by atoms with E-state index in [-0.39, 0.29) is 12.5 Å². The Bertz CT molecular complexity index is 1040. The molecule has 0 bridgehead atoms. The van der Waals surface area contributed by atoms with Crippen molar-refractivity contribution in [2.24, 2.45) is 0 Å². The molecule has 142 valence electrons. The van der Waals surface area contributed by atoms with Gasteiger partial charge in [-0.25, -0.2) is 9.78 Å². The smallest absolute Gasteiger partial charge is 0.341 e. The molecule has 3 rings (SSSR count). The molecule has 0 unspecified atom stereocenters. The number of imidazole rings is 1. The van der Waals surface area contributed by atoms with Gasteiger partial charge in [-0.05, 0) is 45.4 Å². The number of thiophene rings is 1. The molecule has 0 fully saturated rings. The van der Waals surface area contributed by atoms with Crippen molar-refractivity contribution in [2.75, 3.05) is 19.0 Å². The van der Waals surface area contributed by atoms with Crippen molar-refractivity contribution in [1.82, 2.24) is 9.38 Å². The standard InChI is InChI=1S/C19H21N3O4S/c1-6-26-19(24)14-10(2)12(4)27-18(14)21-17(23)15-11(3)20-16-13(25-5)8-7-9-22(15)16/h7-9H,6H2,1-5H3,(H,21,23). The van der Waals surface area contributed by atoms with E-state index in [0.717, 1.165) is 10.4 Å². The molecular weight excluding hydrogens is 366 g/mol. The van der Waals surface area contributed by atoms with Crippen LogP contribution in [0.3, 0.4) is 0 Å². The quantitative estimate of drug-likeness (QED) is 0.674. The topological polar surface area (TPSA) is 81.9 Å². The number of aromatic nitrogens is 2. The van der Waals surface area contributed by atoms with E-state index in [4.69, 9.17) is 9.47 Å². The highest BCUT2D eigenvalue weighted by Crippen LogP contribution is 2.33. The van der Waals surface area contributed by atoms with Gasteiger partial charge in [0, 0.05) is 11.1 Å². The lowest BCUT2D eigenvalue weighted by Crippen LogP contribution is -2.17. The highest BCUT2D eigenvalue weighted by Gasteiger charge is 2.25. The van der Waals surface area contributed by atoms with Crippen LogP contribution < -0.4 is 10.1 Å². The lowest BCUT2D eigenvalue weighted by Gasteiger charge is -2.08. The maximum absolute atomic E-state index is 13.0. The number of nitrogens with zero attached hydrogens (tertiary/aromatic N) is 2. The molecule has 1 amide bonds. The minimum absolute atomic E-state index is 0.271. The van der Waals surface area contributed by atoms with Crippen molar-refractivity contribution in [1.29, 1.82) is 0 Å². The molecule has 27 heavy (non-hydrogen) atoms. The first-order chi connectivity index (χ1) is 12.9. The number of fused-ring (bicyclic) bond motifs is 1. The summed E-state index contributed by atoms with van der Waals surface area (Å²) in [7, 11) is 1.56. The Hall–Kier alpha value is -2.87. The average Bonchev–Trinajstić information content (AvgIpc) is 3.10. The van der Waals surface area contributed by atoms with Crippen LogP contribution in [0.15, 0.2) is 18.3 Å². The van der Waals surface area contributed by atoms with Gasteiger partial charge in [-0.1, -0.05) is 0 Å². The molecule has 7 nitrogen and oxygen atoms in total. The molecular formula is C19H21N3O4S. The second-order valence-corrected chi connectivity index (χ2v) is 7.20. The second-order valence-electron chi connectivity index (χ2n) is 5.98. The van der Waals surface area contributed by atoms with Crippen LogP contribution in [0, 0.1) is 20.8 Å². The third-order valence-corrected chi connectivity index (χ3v) is 5.44. The number of aryl methyl sites for hydroxylation is 2. The third-order valence-electron chi connectivity index (χ3n) is 4.32. The maximum Gasteiger partial charge on any atom is 0.341 e. The Morgan fingerprint density at radius 2 is 2.04 bits per heavy atom. The van der Waals surface area contributed by atoms with E-state index in [1.807, 2.05) is 13.8 Å². The van der Waals surface area contributed by atoms with Crippen LogP contribution in [-0.2, 0) is 4.74 Å². The number of methoxy groups -OCH3 is 1. The van der Waals surface area contributed by atoms with Gasteiger partial charge in [0.15, 0.2) is 11.4 Å². The summed E-state index contributed by atoms with van der Waals surface area (Å²) in [5.41, 5.74) is 2.73. The number of pyridine rings is 1. The second kappa shape index (κ2) is 7.40. The summed E-state index contributed by atoms with van der Waals surface area (Å²) in [5.74, 6) is -0.207. The van der Waals surface area contributed by atoms with Gasteiger partial charge in [-0.3, -0.25) is 9.20 Å². The predicted molar refractivity (Wildman–Crippen MR) is 104 cm³/mol. The number of ether oxygens (including phenoxy) is 2. The Kier molecular flexibility index (Phi) is 5.18. The molecule has 3 aromatic rings. The molecule has 0 atom stereocenters. The summed E-state index contributed by atoms with van der Waals surface area (Å²) >= 11 is 1.35. The highest BCUT2D eigenvalue weighted by atomic mass is 32.1. The minimum atomic E-state index is -0.439. The van der Waals surface area contributed by atoms with Gasteiger partial charge in [0.05, 0.1) is 25.0 Å². The van der Waals surface area contributed by atoms with Crippen molar-refractivity contribution in [2.45, 2.75) is 27.7 Å². The number of nitrogens with one attached hydrogen (secondary N) is 1. The van der Waals surface area contributed by atoms with E-state index in [1.165, 1.54) is 11.3 Å². The minimum Gasteiger partial charge on any atom is -0.493 e. The van der Waals surface area contributed by atoms with Crippen LogP contribution in [0.4, 0.5) is 5.00 Å². The van der Waals surface area contributed by atoms with E-state index in [2.05, 4.69) is 10.3 Å². The predicted octanol–water partition coefficient (Wildman–Crippen LogP) is 3.76. The Morgan fingerprint density at radius 1 is 1.30 bits per heavy atom. The fraction of sp³-hybridized carbons (Fsp3) is 0.316. The number of carbonyl (C=O) groups is 2. The van der Waals surface area contributed by atoms with E-state index in [0.29, 0.717) is 33.3 Å². The van der Waals surface area contributed by atoms with Gasteiger partial charge < -0.3 is 14.8 Å². The molecule has 3 aromatic heterocycles. The normalized spacial score (nSPS) is 10.9. The van der Waals surface area contributed by atoms with Crippen LogP contribution in [-0.4, -0.2) is 35.0 Å². The summed E-state index contributed by atoms with van der Waals surface area (Å²) in [4.78, 5) is 30.7. The SMILES string of the molecule is CCOC(=O)c1c(NC(=O)c2c(C)nc3c(OC)cccn23)sc(C)c1C. The molecule has 1 N–H and O–H groups in total. The number of hydrogen-bond donors (Lipinski definition) is 1. The molecule has 0 saturated heterocycles. The van der Waals surface area contributed by atoms with E-state index < -0.39 is 5.97 Å². The Balaban J connectivity index is 2.02. The summed E-state index contributed by atoms with van der Waals surface area (Å²) in [6, 6.07) is 3.57. The van der Waals surface area contributed by atoms with Gasteiger partial charge in [-0.2, -0.15) is 0 Å². The fourth-order valence-electron chi connectivity index (χ4n) is 2.92. The molecule has 0 aliphatic rings. The summed E-state index contributed by atoms with van der Waals surface area (Å²) < 4.78 is 12.1. The van der Waals surface area contributed by atoms with Gasteiger partial charge in [0.25, 0.3) is 5.91 Å². The maximum atomic E-state index is 13.0. The van der Waals surface area contributed by atoms with Crippen LogP contribution in [0.2, 0.25) is 0 Å². The summed E-state index contributed by atoms with van der Waals surface area (Å²) in [6.07, 6.45) is 1.75.